The largest absolute Gasteiger partial charge is 0.490 e. The van der Waals surface area contributed by atoms with E-state index in [1.165, 1.54) is 0 Å². The number of nitrogens with one attached hydrogen (secondary N) is 2. The van der Waals surface area contributed by atoms with Crippen molar-refractivity contribution in [3.05, 3.63) is 114 Å². The van der Waals surface area contributed by atoms with Crippen LogP contribution in [0.5, 0.6) is 11.5 Å². The number of benzene rings is 3. The van der Waals surface area contributed by atoms with Gasteiger partial charge >= 0.3 is 0 Å². The Labute approximate surface area is 197 Å². The summed E-state index contributed by atoms with van der Waals surface area (Å²) in [5, 5.41) is 5.60. The second kappa shape index (κ2) is 11.4. The summed E-state index contributed by atoms with van der Waals surface area (Å²) in [6, 6.07) is 26.6. The highest BCUT2D eigenvalue weighted by atomic mass is 16.5. The first-order chi connectivity index (χ1) is 16.7. The lowest BCUT2D eigenvalue weighted by molar-refractivity contribution is 0.0947. The molecule has 0 bridgehead atoms. The van der Waals surface area contributed by atoms with Crippen molar-refractivity contribution in [1.29, 1.82) is 0 Å². The molecule has 34 heavy (non-hydrogen) atoms. The summed E-state index contributed by atoms with van der Waals surface area (Å²) in [6.07, 6.45) is 1.56. The van der Waals surface area contributed by atoms with Crippen LogP contribution in [0.15, 0.2) is 102 Å². The zero-order chi connectivity index (χ0) is 23.6. The topological polar surface area (TPSA) is 89.8 Å². The summed E-state index contributed by atoms with van der Waals surface area (Å²) in [6.45, 7) is 1.12. The number of furan rings is 1. The second-order valence-corrected chi connectivity index (χ2v) is 7.33. The molecule has 0 unspecified atom stereocenters. The number of para-hydroxylation sites is 1. The minimum atomic E-state index is -0.256. The first kappa shape index (κ1) is 22.7. The van der Waals surface area contributed by atoms with Crippen molar-refractivity contribution < 1.29 is 23.5 Å². The molecule has 1 aromatic heterocycles. The van der Waals surface area contributed by atoms with E-state index in [0.29, 0.717) is 48.1 Å². The van der Waals surface area contributed by atoms with Gasteiger partial charge in [-0.2, -0.15) is 0 Å². The van der Waals surface area contributed by atoms with Crippen LogP contribution in [0.25, 0.3) is 0 Å². The van der Waals surface area contributed by atoms with Gasteiger partial charge in [-0.3, -0.25) is 9.59 Å². The molecule has 0 saturated carbocycles. The maximum atomic E-state index is 12.5. The van der Waals surface area contributed by atoms with Gasteiger partial charge in [0.15, 0.2) is 0 Å². The fourth-order valence-corrected chi connectivity index (χ4v) is 3.13. The zero-order valence-electron chi connectivity index (χ0n) is 18.4. The van der Waals surface area contributed by atoms with E-state index in [1.54, 1.807) is 66.9 Å². The van der Waals surface area contributed by atoms with Crippen molar-refractivity contribution in [2.75, 3.05) is 18.5 Å². The van der Waals surface area contributed by atoms with E-state index < -0.39 is 0 Å². The van der Waals surface area contributed by atoms with Crippen LogP contribution in [0.1, 0.15) is 26.5 Å². The minimum absolute atomic E-state index is 0.223. The van der Waals surface area contributed by atoms with Gasteiger partial charge in [-0.05, 0) is 72.8 Å². The minimum Gasteiger partial charge on any atom is -0.490 e. The quantitative estimate of drug-likeness (QED) is 0.331. The van der Waals surface area contributed by atoms with Gasteiger partial charge in [0.2, 0.25) is 0 Å². The number of carbonyl (C=O) groups is 2. The molecule has 0 spiro atoms. The average Bonchev–Trinajstić information content (AvgIpc) is 3.40. The number of anilines is 1. The van der Waals surface area contributed by atoms with E-state index in [1.807, 2.05) is 30.3 Å². The van der Waals surface area contributed by atoms with Gasteiger partial charge < -0.3 is 24.5 Å². The Hall–Kier alpha value is -4.52. The second-order valence-electron chi connectivity index (χ2n) is 7.33. The van der Waals surface area contributed by atoms with E-state index in [9.17, 15) is 9.59 Å². The van der Waals surface area contributed by atoms with Crippen molar-refractivity contribution in [3.8, 4) is 11.5 Å². The van der Waals surface area contributed by atoms with Crippen LogP contribution in [0.3, 0.4) is 0 Å². The molecule has 4 aromatic rings. The maximum Gasteiger partial charge on any atom is 0.255 e. The first-order valence-corrected chi connectivity index (χ1v) is 10.8. The summed E-state index contributed by atoms with van der Waals surface area (Å²) in [5.41, 5.74) is 1.57. The number of carbonyl (C=O) groups excluding carboxylic acids is 2. The van der Waals surface area contributed by atoms with Crippen molar-refractivity contribution in [2.45, 2.75) is 6.54 Å². The summed E-state index contributed by atoms with van der Waals surface area (Å²) in [7, 11) is 0. The summed E-state index contributed by atoms with van der Waals surface area (Å²) in [5.74, 6) is 1.64. The SMILES string of the molecule is O=C(NCc1ccco1)c1ccc(NC(=O)c2ccc(OCCOc3ccccc3)cc2)cc1. The Kier molecular flexibility index (Phi) is 7.58. The van der Waals surface area contributed by atoms with Crippen LogP contribution >= 0.6 is 0 Å². The summed E-state index contributed by atoms with van der Waals surface area (Å²) >= 11 is 0. The molecule has 0 radical (unpaired) electrons. The number of rotatable bonds is 10. The van der Waals surface area contributed by atoms with Gasteiger partial charge in [-0.15, -0.1) is 0 Å². The Bertz CT molecular complexity index is 1190. The molecular weight excluding hydrogens is 432 g/mol. The van der Waals surface area contributed by atoms with Crippen molar-refractivity contribution in [2.24, 2.45) is 0 Å². The molecule has 1 heterocycles. The van der Waals surface area contributed by atoms with Crippen molar-refractivity contribution in [3.63, 3.8) is 0 Å². The highest BCUT2D eigenvalue weighted by Crippen LogP contribution is 2.16. The third-order valence-corrected chi connectivity index (χ3v) is 4.89. The van der Waals surface area contributed by atoms with E-state index in [0.717, 1.165) is 5.75 Å². The molecule has 0 saturated heterocycles. The molecule has 7 heteroatoms. The van der Waals surface area contributed by atoms with Crippen LogP contribution < -0.4 is 20.1 Å². The van der Waals surface area contributed by atoms with Crippen LogP contribution in [-0.2, 0) is 6.54 Å². The Morgan fingerprint density at radius 2 is 1.29 bits per heavy atom. The lowest BCUT2D eigenvalue weighted by Crippen LogP contribution is -2.22. The van der Waals surface area contributed by atoms with Gasteiger partial charge in [0.1, 0.15) is 30.5 Å². The number of hydrogen-bond acceptors (Lipinski definition) is 5. The number of hydrogen-bond donors (Lipinski definition) is 2. The lowest BCUT2D eigenvalue weighted by atomic mass is 10.1. The number of amides is 2. The highest BCUT2D eigenvalue weighted by molar-refractivity contribution is 6.04. The number of ether oxygens (including phenoxy) is 2. The molecule has 0 fully saturated rings. The van der Waals surface area contributed by atoms with Crippen LogP contribution in [-0.4, -0.2) is 25.0 Å². The fourth-order valence-electron chi connectivity index (χ4n) is 3.13. The van der Waals surface area contributed by atoms with E-state index in [4.69, 9.17) is 13.9 Å². The average molecular weight is 456 g/mol. The Morgan fingerprint density at radius 1 is 0.676 bits per heavy atom. The van der Waals surface area contributed by atoms with E-state index >= 15 is 0 Å². The van der Waals surface area contributed by atoms with Crippen LogP contribution in [0, 0.1) is 0 Å². The lowest BCUT2D eigenvalue weighted by Gasteiger charge is -2.10. The van der Waals surface area contributed by atoms with Gasteiger partial charge in [-0.25, -0.2) is 0 Å². The van der Waals surface area contributed by atoms with Crippen molar-refractivity contribution >= 4 is 17.5 Å². The maximum absolute atomic E-state index is 12.5. The van der Waals surface area contributed by atoms with Crippen LogP contribution in [0.4, 0.5) is 5.69 Å². The third-order valence-electron chi connectivity index (χ3n) is 4.89. The molecule has 7 nitrogen and oxygen atoms in total. The standard InChI is InChI=1S/C27H24N2O5/c30-26(28-19-25-7-4-16-32-25)20-8-12-22(13-9-20)29-27(31)21-10-14-24(15-11-21)34-18-17-33-23-5-2-1-3-6-23/h1-16H,17-19H2,(H,28,30)(H,29,31). The van der Waals surface area contributed by atoms with Gasteiger partial charge in [-0.1, -0.05) is 18.2 Å². The first-order valence-electron chi connectivity index (χ1n) is 10.8. The highest BCUT2D eigenvalue weighted by Gasteiger charge is 2.09. The molecule has 0 aliphatic carbocycles. The molecule has 3 aromatic carbocycles. The summed E-state index contributed by atoms with van der Waals surface area (Å²) in [4.78, 5) is 24.8. The zero-order valence-corrected chi connectivity index (χ0v) is 18.4. The molecular formula is C27H24N2O5. The van der Waals surface area contributed by atoms with Crippen molar-refractivity contribution in [1.82, 2.24) is 5.32 Å². The van der Waals surface area contributed by atoms with Gasteiger partial charge in [0.25, 0.3) is 11.8 Å². The molecule has 0 atom stereocenters. The molecule has 172 valence electrons. The fraction of sp³-hybridized carbons (Fsp3) is 0.111. The Morgan fingerprint density at radius 3 is 1.94 bits per heavy atom. The van der Waals surface area contributed by atoms with Gasteiger partial charge in [0.05, 0.1) is 12.8 Å². The summed E-state index contributed by atoms with van der Waals surface area (Å²) < 4.78 is 16.4. The third kappa shape index (κ3) is 6.49. The Balaban J connectivity index is 1.22. The molecule has 2 amide bonds. The van der Waals surface area contributed by atoms with E-state index in [2.05, 4.69) is 10.6 Å². The normalized spacial score (nSPS) is 10.4. The molecule has 4 rings (SSSR count). The molecule has 0 aliphatic heterocycles. The predicted octanol–water partition coefficient (Wildman–Crippen LogP) is 4.92. The van der Waals surface area contributed by atoms with Crippen LogP contribution in [0.2, 0.25) is 0 Å². The predicted molar refractivity (Wildman–Crippen MR) is 128 cm³/mol. The monoisotopic (exact) mass is 456 g/mol. The van der Waals surface area contributed by atoms with Gasteiger partial charge in [0, 0.05) is 16.8 Å². The molecule has 0 aliphatic rings. The smallest absolute Gasteiger partial charge is 0.255 e. The molecule has 2 N–H and O–H groups in total. The van der Waals surface area contributed by atoms with E-state index in [-0.39, 0.29) is 11.8 Å².